The van der Waals surface area contributed by atoms with Crippen molar-refractivity contribution in [3.8, 4) is 0 Å². The maximum atomic E-state index is 11.6. The lowest BCUT2D eigenvalue weighted by atomic mass is 10.1. The summed E-state index contributed by atoms with van der Waals surface area (Å²) in [6, 6.07) is 0. The number of hydrogen-bond acceptors (Lipinski definition) is 6. The average Bonchev–Trinajstić information content (AvgIpc) is 2.72. The molecule has 0 fully saturated rings. The minimum Gasteiger partial charge on any atom is -0.463 e. The van der Waals surface area contributed by atoms with Crippen molar-refractivity contribution in [1.82, 2.24) is 0 Å². The van der Waals surface area contributed by atoms with Gasteiger partial charge in [0.05, 0.1) is 46.2 Å². The van der Waals surface area contributed by atoms with E-state index in [1.54, 1.807) is 0 Å². The van der Waals surface area contributed by atoms with Crippen LogP contribution >= 0.6 is 0 Å². The lowest BCUT2D eigenvalue weighted by Gasteiger charge is -2.08. The van der Waals surface area contributed by atoms with Crippen LogP contribution in [0.4, 0.5) is 0 Å². The van der Waals surface area contributed by atoms with Gasteiger partial charge in [0.1, 0.15) is 6.61 Å². The van der Waals surface area contributed by atoms with E-state index in [2.05, 4.69) is 13.8 Å². The van der Waals surface area contributed by atoms with Crippen molar-refractivity contribution in [1.29, 1.82) is 0 Å². The van der Waals surface area contributed by atoms with E-state index in [1.807, 2.05) is 0 Å². The van der Waals surface area contributed by atoms with Gasteiger partial charge in [0.2, 0.25) is 0 Å². The fourth-order valence-electron chi connectivity index (χ4n) is 2.73. The summed E-state index contributed by atoms with van der Waals surface area (Å²) < 4.78 is 26.9. The molecule has 6 nitrogen and oxygen atoms in total. The Morgan fingerprint density at radius 3 is 1.45 bits per heavy atom. The topological polar surface area (TPSA) is 63.2 Å². The van der Waals surface area contributed by atoms with E-state index in [4.69, 9.17) is 23.7 Å². The normalized spacial score (nSPS) is 11.1. The van der Waals surface area contributed by atoms with Crippen molar-refractivity contribution >= 4 is 5.97 Å². The third kappa shape index (κ3) is 25.3. The molecule has 0 radical (unpaired) electrons. The number of hydrogen-bond donors (Lipinski definition) is 0. The van der Waals surface area contributed by atoms with Gasteiger partial charge in [-0.3, -0.25) is 4.79 Å². The van der Waals surface area contributed by atoms with Crippen LogP contribution in [0.2, 0.25) is 0 Å². The first-order valence-corrected chi connectivity index (χ1v) is 11.8. The zero-order chi connectivity index (χ0) is 21.3. The Morgan fingerprint density at radius 2 is 0.897 bits per heavy atom. The highest BCUT2D eigenvalue weighted by Gasteiger charge is 2.02. The first kappa shape index (κ1) is 28.3. The van der Waals surface area contributed by atoms with Gasteiger partial charge in [-0.25, -0.2) is 0 Å². The molecule has 0 amide bonds. The fraction of sp³-hybridized carbons (Fsp3) is 0.957. The molecule has 0 aliphatic carbocycles. The summed E-state index contributed by atoms with van der Waals surface area (Å²) in [5.41, 5.74) is 0. The van der Waals surface area contributed by atoms with Crippen LogP contribution < -0.4 is 0 Å². The van der Waals surface area contributed by atoms with Crippen LogP contribution in [0, 0.1) is 0 Å². The summed E-state index contributed by atoms with van der Waals surface area (Å²) in [7, 11) is 0. The Balaban J connectivity index is 3.11. The van der Waals surface area contributed by atoms with Gasteiger partial charge in [0, 0.05) is 13.0 Å². The van der Waals surface area contributed by atoms with Gasteiger partial charge in [-0.05, 0) is 12.8 Å². The van der Waals surface area contributed by atoms with Crippen LogP contribution in [0.5, 0.6) is 0 Å². The van der Waals surface area contributed by atoms with Crippen LogP contribution in [0.3, 0.4) is 0 Å². The molecular weight excluding hydrogens is 372 g/mol. The maximum absolute atomic E-state index is 11.6. The molecule has 0 saturated heterocycles. The van der Waals surface area contributed by atoms with Crippen molar-refractivity contribution < 1.29 is 28.5 Å². The van der Waals surface area contributed by atoms with Crippen molar-refractivity contribution in [3.05, 3.63) is 0 Å². The van der Waals surface area contributed by atoms with E-state index < -0.39 is 0 Å². The highest BCUT2D eigenvalue weighted by molar-refractivity contribution is 5.69. The zero-order valence-electron chi connectivity index (χ0n) is 19.1. The lowest BCUT2D eigenvalue weighted by molar-refractivity contribution is -0.145. The van der Waals surface area contributed by atoms with Crippen molar-refractivity contribution in [2.24, 2.45) is 0 Å². The summed E-state index contributed by atoms with van der Waals surface area (Å²) in [4.78, 5) is 11.6. The number of carbonyl (C=O) groups excluding carboxylic acids is 1. The molecule has 0 aromatic rings. The molecule has 0 unspecified atom stereocenters. The van der Waals surface area contributed by atoms with Crippen LogP contribution in [-0.2, 0) is 28.5 Å². The Hall–Kier alpha value is -0.690. The third-order valence-electron chi connectivity index (χ3n) is 4.48. The van der Waals surface area contributed by atoms with Crippen LogP contribution in [0.25, 0.3) is 0 Å². The first-order chi connectivity index (χ1) is 14.3. The fourth-order valence-corrected chi connectivity index (χ4v) is 2.73. The highest BCUT2D eigenvalue weighted by atomic mass is 16.6. The average molecular weight is 419 g/mol. The van der Waals surface area contributed by atoms with E-state index in [0.29, 0.717) is 59.3 Å². The molecule has 0 atom stereocenters. The number of rotatable bonds is 24. The molecule has 6 heteroatoms. The maximum Gasteiger partial charge on any atom is 0.305 e. The van der Waals surface area contributed by atoms with E-state index in [1.165, 1.54) is 44.9 Å². The molecule has 0 saturated carbocycles. The standard InChI is InChI=1S/C23H46O6/c1-3-5-7-8-9-10-11-13-23(24)29-22-21-28-20-19-27-18-17-26-16-15-25-14-12-6-4-2/h3-22H2,1-2H3. The third-order valence-corrected chi connectivity index (χ3v) is 4.48. The molecule has 174 valence electrons. The van der Waals surface area contributed by atoms with Gasteiger partial charge in [0.15, 0.2) is 0 Å². The van der Waals surface area contributed by atoms with Crippen LogP contribution in [-0.4, -0.2) is 65.4 Å². The predicted molar refractivity (Wildman–Crippen MR) is 116 cm³/mol. The van der Waals surface area contributed by atoms with Gasteiger partial charge < -0.3 is 23.7 Å². The molecule has 0 aromatic carbocycles. The second-order valence-electron chi connectivity index (χ2n) is 7.25. The second kappa shape index (κ2) is 25.3. The minimum absolute atomic E-state index is 0.120. The highest BCUT2D eigenvalue weighted by Crippen LogP contribution is 2.08. The van der Waals surface area contributed by atoms with E-state index in [0.717, 1.165) is 25.9 Å². The largest absolute Gasteiger partial charge is 0.463 e. The molecule has 0 heterocycles. The quantitative estimate of drug-likeness (QED) is 0.164. The van der Waals surface area contributed by atoms with E-state index in [9.17, 15) is 4.79 Å². The molecule has 29 heavy (non-hydrogen) atoms. The van der Waals surface area contributed by atoms with Crippen molar-refractivity contribution in [2.75, 3.05) is 59.5 Å². The van der Waals surface area contributed by atoms with Crippen molar-refractivity contribution in [2.45, 2.75) is 84.5 Å². The van der Waals surface area contributed by atoms with Gasteiger partial charge >= 0.3 is 5.97 Å². The molecule has 0 bridgehead atoms. The van der Waals surface area contributed by atoms with Crippen molar-refractivity contribution in [3.63, 3.8) is 0 Å². The molecular formula is C23H46O6. The summed E-state index contributed by atoms with van der Waals surface area (Å²) in [6.45, 7) is 9.33. The zero-order valence-corrected chi connectivity index (χ0v) is 19.1. The summed E-state index contributed by atoms with van der Waals surface area (Å²) in [5.74, 6) is -0.120. The molecule has 0 aliphatic heterocycles. The van der Waals surface area contributed by atoms with E-state index in [-0.39, 0.29) is 5.97 Å². The molecule has 0 N–H and O–H groups in total. The number of unbranched alkanes of at least 4 members (excludes halogenated alkanes) is 8. The van der Waals surface area contributed by atoms with Crippen LogP contribution in [0.15, 0.2) is 0 Å². The van der Waals surface area contributed by atoms with Gasteiger partial charge in [-0.1, -0.05) is 65.2 Å². The number of carbonyl (C=O) groups is 1. The monoisotopic (exact) mass is 418 g/mol. The van der Waals surface area contributed by atoms with E-state index >= 15 is 0 Å². The Bertz CT molecular complexity index is 324. The molecule has 0 rings (SSSR count). The van der Waals surface area contributed by atoms with Gasteiger partial charge in [0.25, 0.3) is 0 Å². The van der Waals surface area contributed by atoms with Gasteiger partial charge in [-0.15, -0.1) is 0 Å². The number of esters is 1. The Labute approximate surface area is 178 Å². The van der Waals surface area contributed by atoms with Crippen LogP contribution in [0.1, 0.15) is 84.5 Å². The Morgan fingerprint density at radius 1 is 0.483 bits per heavy atom. The summed E-state index contributed by atoms with van der Waals surface area (Å²) in [5, 5.41) is 0. The first-order valence-electron chi connectivity index (χ1n) is 11.8. The summed E-state index contributed by atoms with van der Waals surface area (Å²) in [6.07, 6.45) is 12.5. The predicted octanol–water partition coefficient (Wildman–Crippen LogP) is 4.93. The van der Waals surface area contributed by atoms with Gasteiger partial charge in [-0.2, -0.15) is 0 Å². The summed E-state index contributed by atoms with van der Waals surface area (Å²) >= 11 is 0. The smallest absolute Gasteiger partial charge is 0.305 e. The minimum atomic E-state index is -0.120. The lowest BCUT2D eigenvalue weighted by Crippen LogP contribution is -2.14. The SMILES string of the molecule is CCCCCCCCCC(=O)OCCOCCOCCOCCOCCCCC. The second-order valence-corrected chi connectivity index (χ2v) is 7.25. The molecule has 0 aromatic heterocycles. The Kier molecular flexibility index (Phi) is 24.7. The molecule has 0 aliphatic rings. The molecule has 0 spiro atoms. The number of ether oxygens (including phenoxy) is 5.